The van der Waals surface area contributed by atoms with Crippen LogP contribution >= 0.6 is 11.8 Å². The number of carbonyl (C=O) groups excluding carboxylic acids is 1. The van der Waals surface area contributed by atoms with Crippen molar-refractivity contribution in [2.45, 2.75) is 32.4 Å². The van der Waals surface area contributed by atoms with Crippen LogP contribution in [0.2, 0.25) is 0 Å². The van der Waals surface area contributed by atoms with Gasteiger partial charge in [0.2, 0.25) is 0 Å². The van der Waals surface area contributed by atoms with Gasteiger partial charge in [-0.15, -0.1) is 0 Å². The Morgan fingerprint density at radius 2 is 2.12 bits per heavy atom. The molecule has 2 amide bonds. The lowest BCUT2D eigenvalue weighted by molar-refractivity contribution is -0.140. The van der Waals surface area contributed by atoms with Crippen LogP contribution in [0, 0.1) is 5.92 Å². The maximum absolute atomic E-state index is 11.9. The van der Waals surface area contributed by atoms with E-state index in [1.165, 1.54) is 0 Å². The first-order chi connectivity index (χ1) is 7.93. The van der Waals surface area contributed by atoms with Crippen LogP contribution < -0.4 is 5.32 Å². The molecule has 1 rings (SSSR count). The zero-order valence-electron chi connectivity index (χ0n) is 10.5. The van der Waals surface area contributed by atoms with E-state index < -0.39 is 12.0 Å². The van der Waals surface area contributed by atoms with Crippen molar-refractivity contribution in [3.05, 3.63) is 0 Å². The molecule has 17 heavy (non-hydrogen) atoms. The quantitative estimate of drug-likeness (QED) is 0.798. The summed E-state index contributed by atoms with van der Waals surface area (Å²) in [4.78, 5) is 24.5. The second kappa shape index (κ2) is 6.14. The number of urea groups is 1. The molecule has 98 valence electrons. The summed E-state index contributed by atoms with van der Waals surface area (Å²) in [5, 5.41) is 11.6. The van der Waals surface area contributed by atoms with E-state index in [4.69, 9.17) is 5.11 Å². The number of carboxylic acids is 1. The van der Waals surface area contributed by atoms with Crippen LogP contribution in [0.5, 0.6) is 0 Å². The minimum Gasteiger partial charge on any atom is -0.480 e. The molecule has 1 aliphatic heterocycles. The van der Waals surface area contributed by atoms with Gasteiger partial charge in [0, 0.05) is 18.8 Å². The van der Waals surface area contributed by atoms with Gasteiger partial charge in [-0.3, -0.25) is 0 Å². The molecule has 1 aliphatic rings. The van der Waals surface area contributed by atoms with Crippen LogP contribution in [-0.4, -0.2) is 52.6 Å². The molecule has 2 atom stereocenters. The SMILES string of the molecule is CC(C)C(NC(=O)N(C)C1CCSC1)C(=O)O. The van der Waals surface area contributed by atoms with Gasteiger partial charge in [0.1, 0.15) is 6.04 Å². The molecule has 6 heteroatoms. The number of carbonyl (C=O) groups is 2. The molecule has 2 unspecified atom stereocenters. The van der Waals surface area contributed by atoms with Crippen molar-refractivity contribution in [3.63, 3.8) is 0 Å². The topological polar surface area (TPSA) is 69.6 Å². The zero-order valence-corrected chi connectivity index (χ0v) is 11.3. The van der Waals surface area contributed by atoms with Crippen molar-refractivity contribution >= 4 is 23.8 Å². The van der Waals surface area contributed by atoms with E-state index in [2.05, 4.69) is 5.32 Å². The number of thioether (sulfide) groups is 1. The lowest BCUT2D eigenvalue weighted by Gasteiger charge is -2.27. The number of hydrogen-bond acceptors (Lipinski definition) is 3. The molecule has 0 aromatic heterocycles. The monoisotopic (exact) mass is 260 g/mol. The molecule has 1 saturated heterocycles. The number of carboxylic acid groups (broad SMARTS) is 1. The summed E-state index contributed by atoms with van der Waals surface area (Å²) in [5.41, 5.74) is 0. The average molecular weight is 260 g/mol. The van der Waals surface area contributed by atoms with Gasteiger partial charge in [-0.05, 0) is 18.1 Å². The summed E-state index contributed by atoms with van der Waals surface area (Å²) in [7, 11) is 1.73. The number of hydrogen-bond donors (Lipinski definition) is 2. The molecule has 0 aromatic carbocycles. The van der Waals surface area contributed by atoms with E-state index >= 15 is 0 Å². The molecule has 0 aliphatic carbocycles. The number of aliphatic carboxylic acids is 1. The number of rotatable bonds is 4. The third kappa shape index (κ3) is 3.80. The standard InChI is InChI=1S/C11H20N2O3S/c1-7(2)9(10(14)15)12-11(16)13(3)8-4-5-17-6-8/h7-9H,4-6H2,1-3H3,(H,12,16)(H,14,15). The fraction of sp³-hybridized carbons (Fsp3) is 0.818. The molecule has 0 saturated carbocycles. The smallest absolute Gasteiger partial charge is 0.326 e. The third-order valence-corrected chi connectivity index (χ3v) is 4.13. The van der Waals surface area contributed by atoms with Gasteiger partial charge in [0.05, 0.1) is 0 Å². The Balaban J connectivity index is 2.54. The zero-order chi connectivity index (χ0) is 13.0. The highest BCUT2D eigenvalue weighted by molar-refractivity contribution is 7.99. The second-order valence-electron chi connectivity index (χ2n) is 4.64. The van der Waals surface area contributed by atoms with Crippen molar-refractivity contribution < 1.29 is 14.7 Å². The van der Waals surface area contributed by atoms with Crippen molar-refractivity contribution in [1.82, 2.24) is 10.2 Å². The number of amides is 2. The predicted octanol–water partition coefficient (Wildman–Crippen LogP) is 1.24. The maximum Gasteiger partial charge on any atom is 0.326 e. The third-order valence-electron chi connectivity index (χ3n) is 2.99. The largest absolute Gasteiger partial charge is 0.480 e. The van der Waals surface area contributed by atoms with Gasteiger partial charge in [0.25, 0.3) is 0 Å². The molecule has 5 nitrogen and oxygen atoms in total. The summed E-state index contributed by atoms with van der Waals surface area (Å²) < 4.78 is 0. The van der Waals surface area contributed by atoms with Crippen molar-refractivity contribution in [1.29, 1.82) is 0 Å². The molecule has 2 N–H and O–H groups in total. The lowest BCUT2D eigenvalue weighted by atomic mass is 10.1. The molecule has 0 radical (unpaired) electrons. The maximum atomic E-state index is 11.9. The van der Waals surface area contributed by atoms with Gasteiger partial charge in [0.15, 0.2) is 0 Å². The molecule has 0 bridgehead atoms. The molecule has 0 spiro atoms. The first kappa shape index (κ1) is 14.2. The Morgan fingerprint density at radius 1 is 1.47 bits per heavy atom. The van der Waals surface area contributed by atoms with E-state index in [0.29, 0.717) is 0 Å². The van der Waals surface area contributed by atoms with E-state index in [9.17, 15) is 9.59 Å². The van der Waals surface area contributed by atoms with Crippen LogP contribution in [0.25, 0.3) is 0 Å². The first-order valence-corrected chi connectivity index (χ1v) is 6.92. The molecule has 1 fully saturated rings. The lowest BCUT2D eigenvalue weighted by Crippen LogP contribution is -2.51. The summed E-state index contributed by atoms with van der Waals surface area (Å²) >= 11 is 1.82. The van der Waals surface area contributed by atoms with Gasteiger partial charge >= 0.3 is 12.0 Å². The van der Waals surface area contributed by atoms with E-state index in [1.54, 1.807) is 25.8 Å². The minimum absolute atomic E-state index is 0.122. The van der Waals surface area contributed by atoms with Gasteiger partial charge in [-0.25, -0.2) is 9.59 Å². The normalized spacial score (nSPS) is 21.3. The van der Waals surface area contributed by atoms with Gasteiger partial charge in [-0.1, -0.05) is 13.8 Å². The highest BCUT2D eigenvalue weighted by Crippen LogP contribution is 2.21. The fourth-order valence-corrected chi connectivity index (χ4v) is 3.01. The minimum atomic E-state index is -0.984. The van der Waals surface area contributed by atoms with E-state index in [-0.39, 0.29) is 18.0 Å². The van der Waals surface area contributed by atoms with Gasteiger partial charge < -0.3 is 15.3 Å². The Morgan fingerprint density at radius 3 is 2.53 bits per heavy atom. The predicted molar refractivity (Wildman–Crippen MR) is 68.3 cm³/mol. The summed E-state index contributed by atoms with van der Waals surface area (Å²) in [6, 6.07) is -0.890. The van der Waals surface area contributed by atoms with Crippen LogP contribution in [-0.2, 0) is 4.79 Å². The van der Waals surface area contributed by atoms with Crippen molar-refractivity contribution in [2.24, 2.45) is 5.92 Å². The van der Waals surface area contributed by atoms with Crippen LogP contribution in [0.15, 0.2) is 0 Å². The Hall–Kier alpha value is -0.910. The highest BCUT2D eigenvalue weighted by Gasteiger charge is 2.28. The molecular weight excluding hydrogens is 240 g/mol. The Bertz CT molecular complexity index is 290. The van der Waals surface area contributed by atoms with E-state index in [0.717, 1.165) is 17.9 Å². The van der Waals surface area contributed by atoms with Crippen molar-refractivity contribution in [3.8, 4) is 0 Å². The average Bonchev–Trinajstić information content (AvgIpc) is 2.76. The second-order valence-corrected chi connectivity index (χ2v) is 5.79. The first-order valence-electron chi connectivity index (χ1n) is 5.77. The summed E-state index contributed by atoms with van der Waals surface area (Å²) in [6.45, 7) is 3.56. The highest BCUT2D eigenvalue weighted by atomic mass is 32.2. The number of nitrogens with one attached hydrogen (secondary N) is 1. The number of nitrogens with zero attached hydrogens (tertiary/aromatic N) is 1. The molecular formula is C11H20N2O3S. The van der Waals surface area contributed by atoms with Gasteiger partial charge in [-0.2, -0.15) is 11.8 Å². The van der Waals surface area contributed by atoms with E-state index in [1.807, 2.05) is 11.8 Å². The summed E-state index contributed by atoms with van der Waals surface area (Å²) in [5.74, 6) is 0.892. The summed E-state index contributed by atoms with van der Waals surface area (Å²) in [6.07, 6.45) is 0.980. The van der Waals surface area contributed by atoms with Crippen LogP contribution in [0.3, 0.4) is 0 Å². The molecule has 0 aromatic rings. The van der Waals surface area contributed by atoms with Crippen molar-refractivity contribution in [2.75, 3.05) is 18.6 Å². The fourth-order valence-electron chi connectivity index (χ4n) is 1.74. The molecule has 1 heterocycles. The Labute approximate surface area is 106 Å². The van der Waals surface area contributed by atoms with Crippen LogP contribution in [0.1, 0.15) is 20.3 Å². The van der Waals surface area contributed by atoms with Crippen LogP contribution in [0.4, 0.5) is 4.79 Å². The Kier molecular flexibility index (Phi) is 5.11.